The van der Waals surface area contributed by atoms with Crippen LogP contribution >= 0.6 is 0 Å². The molecule has 0 saturated carbocycles. The Kier molecular flexibility index (Phi) is 5.36. The molecule has 102 valence electrons. The standard InChI is InChI=1S/C16H26O2/c1-12-6-7-13(2)14(10-12)11-15(17)8-9-16(3,4)18-5/h6-7,10,15,17H,8-9,11H2,1-5H3. The molecule has 0 aliphatic carbocycles. The van der Waals surface area contributed by atoms with E-state index in [4.69, 9.17) is 4.74 Å². The molecule has 0 saturated heterocycles. The number of aliphatic hydroxyl groups is 1. The molecule has 0 aliphatic heterocycles. The van der Waals surface area contributed by atoms with E-state index in [-0.39, 0.29) is 11.7 Å². The van der Waals surface area contributed by atoms with Crippen LogP contribution in [-0.2, 0) is 11.2 Å². The van der Waals surface area contributed by atoms with Crippen LogP contribution < -0.4 is 0 Å². The second-order valence-corrected chi connectivity index (χ2v) is 5.79. The lowest BCUT2D eigenvalue weighted by Crippen LogP contribution is -2.25. The van der Waals surface area contributed by atoms with Gasteiger partial charge < -0.3 is 9.84 Å². The van der Waals surface area contributed by atoms with E-state index in [0.717, 1.165) is 19.3 Å². The molecule has 0 radical (unpaired) electrons. The first-order valence-electron chi connectivity index (χ1n) is 6.63. The second-order valence-electron chi connectivity index (χ2n) is 5.79. The first kappa shape index (κ1) is 15.2. The van der Waals surface area contributed by atoms with Crippen molar-refractivity contribution in [2.75, 3.05) is 7.11 Å². The number of hydrogen-bond acceptors (Lipinski definition) is 2. The molecule has 0 aromatic heterocycles. The third-order valence-corrected chi connectivity index (χ3v) is 3.59. The van der Waals surface area contributed by atoms with Gasteiger partial charge in [-0.3, -0.25) is 0 Å². The fourth-order valence-corrected chi connectivity index (χ4v) is 1.99. The van der Waals surface area contributed by atoms with E-state index in [9.17, 15) is 5.11 Å². The van der Waals surface area contributed by atoms with Crippen LogP contribution in [0.1, 0.15) is 43.4 Å². The van der Waals surface area contributed by atoms with Crippen LogP contribution in [0.4, 0.5) is 0 Å². The largest absolute Gasteiger partial charge is 0.393 e. The number of hydrogen-bond donors (Lipinski definition) is 1. The highest BCUT2D eigenvalue weighted by Crippen LogP contribution is 2.19. The Morgan fingerprint density at radius 3 is 2.56 bits per heavy atom. The predicted molar refractivity (Wildman–Crippen MR) is 75.9 cm³/mol. The van der Waals surface area contributed by atoms with E-state index < -0.39 is 0 Å². The predicted octanol–water partition coefficient (Wildman–Crippen LogP) is 3.41. The number of aliphatic hydroxyl groups excluding tert-OH is 1. The highest BCUT2D eigenvalue weighted by Gasteiger charge is 2.18. The maximum absolute atomic E-state index is 10.1. The molecule has 1 aromatic rings. The summed E-state index contributed by atoms with van der Waals surface area (Å²) >= 11 is 0. The van der Waals surface area contributed by atoms with Crippen molar-refractivity contribution in [2.24, 2.45) is 0 Å². The van der Waals surface area contributed by atoms with Crippen LogP contribution in [0.15, 0.2) is 18.2 Å². The van der Waals surface area contributed by atoms with Crippen molar-refractivity contribution in [3.63, 3.8) is 0 Å². The summed E-state index contributed by atoms with van der Waals surface area (Å²) in [6.07, 6.45) is 2.08. The summed E-state index contributed by atoms with van der Waals surface area (Å²) in [6, 6.07) is 6.40. The highest BCUT2D eigenvalue weighted by atomic mass is 16.5. The number of benzene rings is 1. The third-order valence-electron chi connectivity index (χ3n) is 3.59. The Morgan fingerprint density at radius 1 is 1.28 bits per heavy atom. The van der Waals surface area contributed by atoms with Gasteiger partial charge in [-0.05, 0) is 58.1 Å². The lowest BCUT2D eigenvalue weighted by Gasteiger charge is -2.24. The van der Waals surface area contributed by atoms with Gasteiger partial charge in [0.05, 0.1) is 11.7 Å². The monoisotopic (exact) mass is 250 g/mol. The first-order valence-corrected chi connectivity index (χ1v) is 6.63. The summed E-state index contributed by atoms with van der Waals surface area (Å²) in [5.41, 5.74) is 3.60. The van der Waals surface area contributed by atoms with E-state index in [1.807, 2.05) is 0 Å². The molecule has 0 spiro atoms. The fraction of sp³-hybridized carbons (Fsp3) is 0.625. The summed E-state index contributed by atoms with van der Waals surface area (Å²) in [5.74, 6) is 0. The molecule has 1 rings (SSSR count). The molecule has 1 aromatic carbocycles. The van der Waals surface area contributed by atoms with Crippen molar-refractivity contribution in [1.82, 2.24) is 0 Å². The molecule has 1 unspecified atom stereocenters. The van der Waals surface area contributed by atoms with E-state index in [2.05, 4.69) is 45.9 Å². The van der Waals surface area contributed by atoms with Crippen LogP contribution in [-0.4, -0.2) is 23.9 Å². The number of rotatable bonds is 6. The van der Waals surface area contributed by atoms with Gasteiger partial charge in [-0.25, -0.2) is 0 Å². The van der Waals surface area contributed by atoms with Gasteiger partial charge in [0, 0.05) is 7.11 Å². The molecule has 1 N–H and O–H groups in total. The molecule has 1 atom stereocenters. The van der Waals surface area contributed by atoms with Crippen molar-refractivity contribution in [3.8, 4) is 0 Å². The fourth-order valence-electron chi connectivity index (χ4n) is 1.99. The van der Waals surface area contributed by atoms with Crippen molar-refractivity contribution in [1.29, 1.82) is 0 Å². The minimum absolute atomic E-state index is 0.150. The van der Waals surface area contributed by atoms with Crippen LogP contribution in [0.25, 0.3) is 0 Å². The maximum atomic E-state index is 10.1. The van der Waals surface area contributed by atoms with Crippen molar-refractivity contribution in [3.05, 3.63) is 34.9 Å². The molecule has 2 nitrogen and oxygen atoms in total. The zero-order chi connectivity index (χ0) is 13.8. The lowest BCUT2D eigenvalue weighted by atomic mass is 9.94. The number of ether oxygens (including phenoxy) is 1. The van der Waals surface area contributed by atoms with Gasteiger partial charge in [0.25, 0.3) is 0 Å². The topological polar surface area (TPSA) is 29.5 Å². The van der Waals surface area contributed by atoms with Gasteiger partial charge in [-0.2, -0.15) is 0 Å². The molecule has 0 bridgehead atoms. The average Bonchev–Trinajstić information content (AvgIpc) is 2.31. The quantitative estimate of drug-likeness (QED) is 0.838. The second kappa shape index (κ2) is 6.35. The van der Waals surface area contributed by atoms with E-state index in [1.165, 1.54) is 16.7 Å². The Labute approximate surface area is 111 Å². The SMILES string of the molecule is COC(C)(C)CCC(O)Cc1cc(C)ccc1C. The molecular weight excluding hydrogens is 224 g/mol. The van der Waals surface area contributed by atoms with Gasteiger partial charge >= 0.3 is 0 Å². The molecule has 18 heavy (non-hydrogen) atoms. The van der Waals surface area contributed by atoms with Crippen LogP contribution in [0.5, 0.6) is 0 Å². The van der Waals surface area contributed by atoms with Gasteiger partial charge in [0.1, 0.15) is 0 Å². The zero-order valence-corrected chi connectivity index (χ0v) is 12.3. The molecule has 0 amide bonds. The summed E-state index contributed by atoms with van der Waals surface area (Å²) in [6.45, 7) is 8.29. The normalized spacial score (nSPS) is 13.7. The lowest BCUT2D eigenvalue weighted by molar-refractivity contribution is 0.00305. The van der Waals surface area contributed by atoms with Gasteiger partial charge in [-0.1, -0.05) is 23.8 Å². The highest BCUT2D eigenvalue weighted by molar-refractivity contribution is 5.30. The van der Waals surface area contributed by atoms with Crippen LogP contribution in [0.2, 0.25) is 0 Å². The average molecular weight is 250 g/mol. The molecule has 2 heteroatoms. The van der Waals surface area contributed by atoms with Crippen LogP contribution in [0, 0.1) is 13.8 Å². The summed E-state index contributed by atoms with van der Waals surface area (Å²) in [4.78, 5) is 0. The maximum Gasteiger partial charge on any atom is 0.0623 e. The minimum Gasteiger partial charge on any atom is -0.393 e. The summed E-state index contributed by atoms with van der Waals surface area (Å²) < 4.78 is 5.37. The Morgan fingerprint density at radius 2 is 1.94 bits per heavy atom. The Hall–Kier alpha value is -0.860. The molecule has 0 heterocycles. The zero-order valence-electron chi connectivity index (χ0n) is 12.3. The van der Waals surface area contributed by atoms with E-state index in [1.54, 1.807) is 7.11 Å². The van der Waals surface area contributed by atoms with E-state index >= 15 is 0 Å². The number of aryl methyl sites for hydroxylation is 2. The van der Waals surface area contributed by atoms with Crippen LogP contribution in [0.3, 0.4) is 0 Å². The molecular formula is C16H26O2. The molecule has 0 aliphatic rings. The van der Waals surface area contributed by atoms with Crippen molar-refractivity contribution in [2.45, 2.75) is 58.7 Å². The van der Waals surface area contributed by atoms with E-state index in [0.29, 0.717) is 0 Å². The minimum atomic E-state index is -0.292. The third kappa shape index (κ3) is 4.79. The van der Waals surface area contributed by atoms with Crippen molar-refractivity contribution < 1.29 is 9.84 Å². The Bertz CT molecular complexity index is 383. The Balaban J connectivity index is 2.54. The van der Waals surface area contributed by atoms with Gasteiger partial charge in [0.15, 0.2) is 0 Å². The van der Waals surface area contributed by atoms with Crippen molar-refractivity contribution >= 4 is 0 Å². The van der Waals surface area contributed by atoms with Gasteiger partial charge in [-0.15, -0.1) is 0 Å². The number of methoxy groups -OCH3 is 1. The summed E-state index contributed by atoms with van der Waals surface area (Å²) in [7, 11) is 1.72. The molecule has 0 fully saturated rings. The summed E-state index contributed by atoms with van der Waals surface area (Å²) in [5, 5.41) is 10.1. The first-order chi connectivity index (χ1) is 8.34. The smallest absolute Gasteiger partial charge is 0.0623 e. The van der Waals surface area contributed by atoms with Gasteiger partial charge in [0.2, 0.25) is 0 Å².